The van der Waals surface area contributed by atoms with Crippen LogP contribution in [0.15, 0.2) is 22.8 Å². The zero-order chi connectivity index (χ0) is 16.5. The number of pyridine rings is 1. The van der Waals surface area contributed by atoms with Crippen LogP contribution in [-0.4, -0.2) is 46.8 Å². The largest absolute Gasteiger partial charge is 0.444 e. The third-order valence-electron chi connectivity index (χ3n) is 3.62. The van der Waals surface area contributed by atoms with Gasteiger partial charge in [-0.05, 0) is 62.7 Å². The molecule has 2 rings (SSSR count). The van der Waals surface area contributed by atoms with Gasteiger partial charge in [-0.15, -0.1) is 0 Å². The second kappa shape index (κ2) is 6.44. The molecule has 0 N–H and O–H groups in total. The molecule has 0 bridgehead atoms. The molecule has 0 spiro atoms. The van der Waals surface area contributed by atoms with Crippen LogP contribution < -0.4 is 4.90 Å². The van der Waals surface area contributed by atoms with Crippen molar-refractivity contribution in [1.82, 2.24) is 9.88 Å². The van der Waals surface area contributed by atoms with Crippen LogP contribution in [0, 0.1) is 0 Å². The Morgan fingerprint density at radius 2 is 1.95 bits per heavy atom. The lowest BCUT2D eigenvalue weighted by Crippen LogP contribution is -2.59. The van der Waals surface area contributed by atoms with Gasteiger partial charge in [0.15, 0.2) is 0 Å². The second-order valence-corrected chi connectivity index (χ2v) is 7.73. The molecule has 6 heteroatoms. The molecule has 22 heavy (non-hydrogen) atoms. The highest BCUT2D eigenvalue weighted by Gasteiger charge is 2.34. The smallest absolute Gasteiger partial charge is 0.410 e. The highest BCUT2D eigenvalue weighted by molar-refractivity contribution is 9.10. The lowest BCUT2D eigenvalue weighted by molar-refractivity contribution is 0.0130. The Labute approximate surface area is 140 Å². The second-order valence-electron chi connectivity index (χ2n) is 6.82. The molecule has 1 aromatic rings. The van der Waals surface area contributed by atoms with Gasteiger partial charge in [-0.2, -0.15) is 0 Å². The Balaban J connectivity index is 2.08. The molecule has 1 aromatic heterocycles. The van der Waals surface area contributed by atoms with E-state index in [1.54, 1.807) is 6.20 Å². The SMILES string of the molecule is CC1CN(c2ccc(Br)cn2)C(C)CN1C(=O)OC(C)(C)C. The van der Waals surface area contributed by atoms with Crippen LogP contribution in [0.25, 0.3) is 0 Å². The lowest BCUT2D eigenvalue weighted by atomic mass is 10.1. The van der Waals surface area contributed by atoms with E-state index in [4.69, 9.17) is 4.74 Å². The van der Waals surface area contributed by atoms with E-state index in [2.05, 4.69) is 32.7 Å². The normalized spacial score (nSPS) is 22.6. The third kappa shape index (κ3) is 4.12. The molecule has 2 heterocycles. The fraction of sp³-hybridized carbons (Fsp3) is 0.625. The van der Waals surface area contributed by atoms with E-state index < -0.39 is 5.60 Å². The van der Waals surface area contributed by atoms with Crippen LogP contribution in [0.4, 0.5) is 10.6 Å². The maximum absolute atomic E-state index is 12.3. The standard InChI is InChI=1S/C16H24BrN3O2/c1-11-10-20(15(21)22-16(3,4)5)12(2)9-19(11)14-7-6-13(17)8-18-14/h6-8,11-12H,9-10H2,1-5H3. The van der Waals surface area contributed by atoms with Crippen LogP contribution in [0.2, 0.25) is 0 Å². The van der Waals surface area contributed by atoms with Gasteiger partial charge in [-0.1, -0.05) is 0 Å². The maximum Gasteiger partial charge on any atom is 0.410 e. The first-order valence-corrected chi connectivity index (χ1v) is 8.34. The Kier molecular flexibility index (Phi) is 5.00. The summed E-state index contributed by atoms with van der Waals surface area (Å²) in [5.41, 5.74) is -0.468. The molecule has 1 amide bonds. The summed E-state index contributed by atoms with van der Waals surface area (Å²) in [5, 5.41) is 0. The van der Waals surface area contributed by atoms with Crippen LogP contribution in [-0.2, 0) is 4.74 Å². The third-order valence-corrected chi connectivity index (χ3v) is 4.09. The summed E-state index contributed by atoms with van der Waals surface area (Å²) >= 11 is 3.40. The summed E-state index contributed by atoms with van der Waals surface area (Å²) < 4.78 is 6.46. The molecule has 1 aliphatic heterocycles. The summed E-state index contributed by atoms with van der Waals surface area (Å²) in [7, 11) is 0. The topological polar surface area (TPSA) is 45.7 Å². The van der Waals surface area contributed by atoms with E-state index in [-0.39, 0.29) is 18.2 Å². The zero-order valence-corrected chi connectivity index (χ0v) is 15.4. The van der Waals surface area contributed by atoms with Gasteiger partial charge in [0.1, 0.15) is 11.4 Å². The molecule has 0 saturated carbocycles. The molecule has 2 unspecified atom stereocenters. The van der Waals surface area contributed by atoms with Crippen molar-refractivity contribution in [2.75, 3.05) is 18.0 Å². The van der Waals surface area contributed by atoms with Gasteiger partial charge in [0.25, 0.3) is 0 Å². The fourth-order valence-corrected chi connectivity index (χ4v) is 2.79. The summed E-state index contributed by atoms with van der Waals surface area (Å²) in [6, 6.07) is 4.25. The van der Waals surface area contributed by atoms with Gasteiger partial charge in [0.2, 0.25) is 0 Å². The number of rotatable bonds is 1. The molecule has 1 aliphatic rings. The minimum atomic E-state index is -0.468. The predicted octanol–water partition coefficient (Wildman–Crippen LogP) is 3.68. The van der Waals surface area contributed by atoms with E-state index >= 15 is 0 Å². The van der Waals surface area contributed by atoms with Gasteiger partial charge >= 0.3 is 6.09 Å². The van der Waals surface area contributed by atoms with Crippen LogP contribution >= 0.6 is 15.9 Å². The number of piperazine rings is 1. The van der Waals surface area contributed by atoms with Crippen LogP contribution in [0.1, 0.15) is 34.6 Å². The number of carbonyl (C=O) groups excluding carboxylic acids is 1. The number of carbonyl (C=O) groups is 1. The van der Waals surface area contributed by atoms with Gasteiger partial charge in [0.05, 0.1) is 0 Å². The molecule has 1 saturated heterocycles. The fourth-order valence-electron chi connectivity index (χ4n) is 2.56. The minimum Gasteiger partial charge on any atom is -0.444 e. The molecular formula is C16H24BrN3O2. The van der Waals surface area contributed by atoms with Crippen molar-refractivity contribution in [2.24, 2.45) is 0 Å². The van der Waals surface area contributed by atoms with Crippen molar-refractivity contribution in [2.45, 2.75) is 52.3 Å². The molecule has 122 valence electrons. The Morgan fingerprint density at radius 3 is 2.50 bits per heavy atom. The van der Waals surface area contributed by atoms with Crippen molar-refractivity contribution in [3.8, 4) is 0 Å². The van der Waals surface area contributed by atoms with Crippen molar-refractivity contribution >= 4 is 27.8 Å². The van der Waals surface area contributed by atoms with Crippen LogP contribution in [0.5, 0.6) is 0 Å². The van der Waals surface area contributed by atoms with Crippen LogP contribution in [0.3, 0.4) is 0 Å². The van der Waals surface area contributed by atoms with E-state index in [1.807, 2.05) is 44.7 Å². The molecule has 0 radical (unpaired) electrons. The first-order chi connectivity index (χ1) is 10.2. The number of ether oxygens (including phenoxy) is 1. The summed E-state index contributed by atoms with van der Waals surface area (Å²) in [4.78, 5) is 20.8. The van der Waals surface area contributed by atoms with E-state index in [0.29, 0.717) is 6.54 Å². The number of hydrogen-bond acceptors (Lipinski definition) is 4. The van der Waals surface area contributed by atoms with E-state index in [0.717, 1.165) is 16.8 Å². The summed E-state index contributed by atoms with van der Waals surface area (Å²) in [5.74, 6) is 0.936. The quantitative estimate of drug-likeness (QED) is 0.757. The van der Waals surface area contributed by atoms with E-state index in [9.17, 15) is 4.79 Å². The molecule has 1 fully saturated rings. The number of aromatic nitrogens is 1. The van der Waals surface area contributed by atoms with E-state index in [1.165, 1.54) is 0 Å². The highest BCUT2D eigenvalue weighted by atomic mass is 79.9. The lowest BCUT2D eigenvalue weighted by Gasteiger charge is -2.44. The van der Waals surface area contributed by atoms with Gasteiger partial charge in [-0.3, -0.25) is 0 Å². The molecule has 5 nitrogen and oxygen atoms in total. The van der Waals surface area contributed by atoms with Crippen molar-refractivity contribution in [3.05, 3.63) is 22.8 Å². The monoisotopic (exact) mass is 369 g/mol. The Bertz CT molecular complexity index is 527. The highest BCUT2D eigenvalue weighted by Crippen LogP contribution is 2.24. The molecule has 0 aliphatic carbocycles. The van der Waals surface area contributed by atoms with Gasteiger partial charge in [-0.25, -0.2) is 9.78 Å². The summed E-state index contributed by atoms with van der Waals surface area (Å²) in [6.07, 6.45) is 1.56. The van der Waals surface area contributed by atoms with Crippen molar-refractivity contribution in [1.29, 1.82) is 0 Å². The maximum atomic E-state index is 12.3. The molecular weight excluding hydrogens is 346 g/mol. The average Bonchev–Trinajstić information content (AvgIpc) is 2.40. The number of amides is 1. The predicted molar refractivity (Wildman–Crippen MR) is 91.1 cm³/mol. The number of nitrogens with zero attached hydrogens (tertiary/aromatic N) is 3. The van der Waals surface area contributed by atoms with Crippen molar-refractivity contribution < 1.29 is 9.53 Å². The first kappa shape index (κ1) is 17.1. The van der Waals surface area contributed by atoms with Gasteiger partial charge in [0, 0.05) is 35.8 Å². The molecule has 2 atom stereocenters. The number of halogens is 1. The molecule has 0 aromatic carbocycles. The minimum absolute atomic E-state index is 0.0801. The number of hydrogen-bond donors (Lipinski definition) is 0. The Hall–Kier alpha value is -1.30. The average molecular weight is 370 g/mol. The number of anilines is 1. The zero-order valence-electron chi connectivity index (χ0n) is 13.8. The first-order valence-electron chi connectivity index (χ1n) is 7.55. The van der Waals surface area contributed by atoms with Gasteiger partial charge < -0.3 is 14.5 Å². The Morgan fingerprint density at radius 1 is 1.27 bits per heavy atom. The van der Waals surface area contributed by atoms with Crippen molar-refractivity contribution in [3.63, 3.8) is 0 Å². The summed E-state index contributed by atoms with van der Waals surface area (Å²) in [6.45, 7) is 11.2.